The van der Waals surface area contributed by atoms with Gasteiger partial charge in [0.2, 0.25) is 0 Å². The highest BCUT2D eigenvalue weighted by molar-refractivity contribution is 7.12. The Kier molecular flexibility index (Phi) is 3.84. The van der Waals surface area contributed by atoms with Crippen LogP contribution in [0.15, 0.2) is 0 Å². The Labute approximate surface area is 129 Å². The number of hydrazine groups is 1. The third-order valence-electron chi connectivity index (χ3n) is 4.92. The Morgan fingerprint density at radius 1 is 1.38 bits per heavy atom. The van der Waals surface area contributed by atoms with Gasteiger partial charge < -0.3 is 5.11 Å². The molecular formula is C16H24N2O2S. The molecule has 1 aliphatic carbocycles. The normalized spacial score (nSPS) is 23.0. The van der Waals surface area contributed by atoms with Gasteiger partial charge in [0.15, 0.2) is 0 Å². The van der Waals surface area contributed by atoms with Crippen molar-refractivity contribution in [3.8, 4) is 0 Å². The van der Waals surface area contributed by atoms with E-state index >= 15 is 0 Å². The lowest BCUT2D eigenvalue weighted by Crippen LogP contribution is -2.38. The number of fused-ring (bicyclic) bond motifs is 1. The van der Waals surface area contributed by atoms with Crippen LogP contribution in [0.3, 0.4) is 0 Å². The molecule has 0 atom stereocenters. The maximum Gasteiger partial charge on any atom is 0.337 e. The summed E-state index contributed by atoms with van der Waals surface area (Å²) >= 11 is 1.76. The molecular weight excluding hydrogens is 284 g/mol. The Hall–Kier alpha value is -0.910. The van der Waals surface area contributed by atoms with E-state index in [2.05, 4.69) is 13.8 Å². The van der Waals surface area contributed by atoms with E-state index in [1.807, 2.05) is 5.01 Å². The molecule has 3 rings (SSSR count). The molecule has 0 bridgehead atoms. The van der Waals surface area contributed by atoms with Gasteiger partial charge in [-0.15, -0.1) is 11.3 Å². The summed E-state index contributed by atoms with van der Waals surface area (Å²) in [6, 6.07) is 0. The van der Waals surface area contributed by atoms with Crippen molar-refractivity contribution in [3.05, 3.63) is 20.9 Å². The number of nitrogens with zero attached hydrogens (tertiary/aromatic N) is 1. The molecule has 2 aliphatic rings. The maximum absolute atomic E-state index is 11.8. The summed E-state index contributed by atoms with van der Waals surface area (Å²) in [6.07, 6.45) is 5.03. The Bertz CT molecular complexity index is 557. The van der Waals surface area contributed by atoms with Crippen LogP contribution in [-0.2, 0) is 12.8 Å². The van der Waals surface area contributed by atoms with Gasteiger partial charge in [0.05, 0.1) is 5.56 Å². The van der Waals surface area contributed by atoms with Gasteiger partial charge in [-0.1, -0.05) is 13.8 Å². The van der Waals surface area contributed by atoms with Crippen LogP contribution in [0.25, 0.3) is 0 Å². The monoisotopic (exact) mass is 308 g/mol. The van der Waals surface area contributed by atoms with Crippen molar-refractivity contribution in [3.63, 3.8) is 0 Å². The van der Waals surface area contributed by atoms with Crippen LogP contribution in [0.4, 0.5) is 0 Å². The number of aromatic carboxylic acids is 1. The van der Waals surface area contributed by atoms with E-state index in [-0.39, 0.29) is 5.41 Å². The SMILES string of the molecule is CC1(C)CCc2sc(C3CCN(N)CC3)c(C(=O)O)c2C1. The molecule has 0 spiro atoms. The number of nitrogens with two attached hydrogens (primary N) is 1. The third kappa shape index (κ3) is 2.87. The molecule has 3 N–H and O–H groups in total. The molecule has 116 valence electrons. The molecule has 4 nitrogen and oxygen atoms in total. The Morgan fingerprint density at radius 2 is 2.05 bits per heavy atom. The van der Waals surface area contributed by atoms with Crippen LogP contribution in [0.1, 0.15) is 64.7 Å². The summed E-state index contributed by atoms with van der Waals surface area (Å²) in [5.41, 5.74) is 1.96. The lowest BCUT2D eigenvalue weighted by atomic mass is 9.75. The van der Waals surface area contributed by atoms with Gasteiger partial charge in [0.25, 0.3) is 0 Å². The molecule has 1 saturated heterocycles. The highest BCUT2D eigenvalue weighted by Crippen LogP contribution is 2.45. The Morgan fingerprint density at radius 3 is 2.67 bits per heavy atom. The molecule has 0 unspecified atom stereocenters. The van der Waals surface area contributed by atoms with E-state index in [9.17, 15) is 9.90 Å². The zero-order valence-corrected chi connectivity index (χ0v) is 13.6. The molecule has 1 aromatic rings. The van der Waals surface area contributed by atoms with Crippen LogP contribution in [-0.4, -0.2) is 29.2 Å². The predicted molar refractivity (Wildman–Crippen MR) is 84.8 cm³/mol. The standard InChI is InChI=1S/C16H24N2O2S/c1-16(2)6-3-12-11(9-16)13(15(19)20)14(21-12)10-4-7-18(17)8-5-10/h10H,3-9,17H2,1-2H3,(H,19,20). The second-order valence-corrected chi connectivity index (χ2v) is 8.34. The lowest BCUT2D eigenvalue weighted by molar-refractivity contribution is 0.0693. The summed E-state index contributed by atoms with van der Waals surface area (Å²) in [4.78, 5) is 14.3. The fourth-order valence-electron chi connectivity index (χ4n) is 3.62. The molecule has 1 aliphatic heterocycles. The molecule has 0 saturated carbocycles. The summed E-state index contributed by atoms with van der Waals surface area (Å²) in [5, 5.41) is 11.6. The number of rotatable bonds is 2. The van der Waals surface area contributed by atoms with Crippen LogP contribution in [0.2, 0.25) is 0 Å². The van der Waals surface area contributed by atoms with Crippen molar-refractivity contribution in [1.82, 2.24) is 5.01 Å². The van der Waals surface area contributed by atoms with Crippen molar-refractivity contribution < 1.29 is 9.90 Å². The fourth-order valence-corrected chi connectivity index (χ4v) is 5.11. The van der Waals surface area contributed by atoms with Crippen molar-refractivity contribution >= 4 is 17.3 Å². The molecule has 0 amide bonds. The lowest BCUT2D eigenvalue weighted by Gasteiger charge is -2.30. The average Bonchev–Trinajstić information content (AvgIpc) is 2.76. The van der Waals surface area contributed by atoms with Crippen LogP contribution in [0.5, 0.6) is 0 Å². The van der Waals surface area contributed by atoms with E-state index in [1.54, 1.807) is 11.3 Å². The highest BCUT2D eigenvalue weighted by Gasteiger charge is 2.35. The van der Waals surface area contributed by atoms with Gasteiger partial charge in [-0.3, -0.25) is 5.84 Å². The smallest absolute Gasteiger partial charge is 0.337 e. The van der Waals surface area contributed by atoms with E-state index in [1.165, 1.54) is 4.88 Å². The number of thiophene rings is 1. The minimum atomic E-state index is -0.740. The van der Waals surface area contributed by atoms with Crippen molar-refractivity contribution in [2.24, 2.45) is 11.3 Å². The van der Waals surface area contributed by atoms with Gasteiger partial charge in [-0.2, -0.15) is 0 Å². The number of carbonyl (C=O) groups is 1. The molecule has 1 aromatic heterocycles. The molecule has 0 aromatic carbocycles. The van der Waals surface area contributed by atoms with Crippen molar-refractivity contribution in [2.75, 3.05) is 13.1 Å². The van der Waals surface area contributed by atoms with Gasteiger partial charge in [-0.05, 0) is 49.0 Å². The number of carboxylic acids is 1. The van der Waals surface area contributed by atoms with Crippen LogP contribution >= 0.6 is 11.3 Å². The van der Waals surface area contributed by atoms with Gasteiger partial charge in [0, 0.05) is 22.8 Å². The van der Waals surface area contributed by atoms with E-state index in [0.717, 1.165) is 55.6 Å². The number of hydrogen-bond acceptors (Lipinski definition) is 4. The fraction of sp³-hybridized carbons (Fsp3) is 0.688. The second-order valence-electron chi connectivity index (χ2n) is 7.20. The first-order chi connectivity index (χ1) is 9.87. The quantitative estimate of drug-likeness (QED) is 0.824. The maximum atomic E-state index is 11.8. The number of piperidine rings is 1. The summed E-state index contributed by atoms with van der Waals surface area (Å²) < 4.78 is 0. The number of aryl methyl sites for hydroxylation is 1. The van der Waals surface area contributed by atoms with Gasteiger partial charge in [-0.25, -0.2) is 9.80 Å². The topological polar surface area (TPSA) is 66.6 Å². The minimum absolute atomic E-state index is 0.218. The van der Waals surface area contributed by atoms with Crippen molar-refractivity contribution in [2.45, 2.75) is 51.9 Å². The molecule has 5 heteroatoms. The van der Waals surface area contributed by atoms with E-state index in [4.69, 9.17) is 5.84 Å². The first kappa shape index (κ1) is 15.0. The second kappa shape index (κ2) is 5.38. The molecule has 1 fully saturated rings. The van der Waals surface area contributed by atoms with Crippen LogP contribution < -0.4 is 5.84 Å². The molecule has 2 heterocycles. The highest BCUT2D eigenvalue weighted by atomic mass is 32.1. The summed E-state index contributed by atoms with van der Waals surface area (Å²) in [6.45, 7) is 6.20. The summed E-state index contributed by atoms with van der Waals surface area (Å²) in [5.74, 6) is 5.46. The number of hydrogen-bond donors (Lipinski definition) is 2. The average molecular weight is 308 g/mol. The van der Waals surface area contributed by atoms with Gasteiger partial charge in [0.1, 0.15) is 0 Å². The summed E-state index contributed by atoms with van der Waals surface area (Å²) in [7, 11) is 0. The zero-order valence-electron chi connectivity index (χ0n) is 12.8. The number of carboxylic acid groups (broad SMARTS) is 1. The molecule has 21 heavy (non-hydrogen) atoms. The largest absolute Gasteiger partial charge is 0.478 e. The van der Waals surface area contributed by atoms with Gasteiger partial charge >= 0.3 is 5.97 Å². The minimum Gasteiger partial charge on any atom is -0.478 e. The van der Waals surface area contributed by atoms with E-state index < -0.39 is 5.97 Å². The van der Waals surface area contributed by atoms with E-state index in [0.29, 0.717) is 11.5 Å². The Balaban J connectivity index is 1.98. The van der Waals surface area contributed by atoms with Crippen LogP contribution in [0, 0.1) is 5.41 Å². The first-order valence-corrected chi connectivity index (χ1v) is 8.56. The van der Waals surface area contributed by atoms with Crippen molar-refractivity contribution in [1.29, 1.82) is 0 Å². The predicted octanol–water partition coefficient (Wildman–Crippen LogP) is 3.01. The first-order valence-electron chi connectivity index (χ1n) is 7.75. The third-order valence-corrected chi connectivity index (χ3v) is 6.37. The zero-order chi connectivity index (χ0) is 15.2. The molecule has 0 radical (unpaired) electrons.